The highest BCUT2D eigenvalue weighted by Gasteiger charge is 2.37. The van der Waals surface area contributed by atoms with Crippen molar-refractivity contribution in [2.45, 2.75) is 45.6 Å². The third-order valence-electron chi connectivity index (χ3n) is 6.70. The lowest BCUT2D eigenvalue weighted by molar-refractivity contribution is -0.139. The number of imidazole rings is 1. The van der Waals surface area contributed by atoms with Gasteiger partial charge in [-0.3, -0.25) is 9.36 Å². The first-order valence-electron chi connectivity index (χ1n) is 12.3. The number of hydrogen-bond acceptors (Lipinski definition) is 10. The van der Waals surface area contributed by atoms with E-state index in [1.807, 2.05) is 18.7 Å². The van der Waals surface area contributed by atoms with Gasteiger partial charge in [0.1, 0.15) is 6.54 Å². The number of anilines is 3. The van der Waals surface area contributed by atoms with E-state index in [4.69, 9.17) is 20.4 Å². The van der Waals surface area contributed by atoms with E-state index in [-0.39, 0.29) is 46.9 Å². The zero-order valence-electron chi connectivity index (χ0n) is 21.3. The molecule has 2 fully saturated rings. The minimum Gasteiger partial charge on any atom is -0.378 e. The summed E-state index contributed by atoms with van der Waals surface area (Å²) in [6.45, 7) is 6.49. The molecule has 2 saturated heterocycles. The summed E-state index contributed by atoms with van der Waals surface area (Å²) in [6, 6.07) is -0.439. The van der Waals surface area contributed by atoms with E-state index in [9.17, 15) is 18.0 Å². The van der Waals surface area contributed by atoms with Crippen molar-refractivity contribution in [3.8, 4) is 11.4 Å². The fraction of sp³-hybridized carbons (Fsp3) is 0.565. The molecule has 5 rings (SSSR count). The molecule has 12 nitrogen and oxygen atoms in total. The van der Waals surface area contributed by atoms with Gasteiger partial charge in [0.2, 0.25) is 17.8 Å². The van der Waals surface area contributed by atoms with Crippen LogP contribution in [0.4, 0.5) is 30.9 Å². The van der Waals surface area contributed by atoms with E-state index < -0.39 is 12.7 Å². The number of alkyl halides is 3. The van der Waals surface area contributed by atoms with Crippen molar-refractivity contribution >= 4 is 34.8 Å². The van der Waals surface area contributed by atoms with Gasteiger partial charge in [0.15, 0.2) is 22.8 Å². The topological polar surface area (TPSA) is 131 Å². The predicted molar refractivity (Wildman–Crippen MR) is 134 cm³/mol. The molecule has 2 atom stereocenters. The van der Waals surface area contributed by atoms with Gasteiger partial charge in [-0.15, -0.1) is 0 Å². The lowest BCUT2D eigenvalue weighted by atomic mass is 10.1. The smallest absolute Gasteiger partial charge is 0.378 e. The highest BCUT2D eigenvalue weighted by molar-refractivity contribution is 5.88. The van der Waals surface area contributed by atoms with E-state index in [0.29, 0.717) is 50.8 Å². The summed E-state index contributed by atoms with van der Waals surface area (Å²) in [4.78, 5) is 39.5. The predicted octanol–water partition coefficient (Wildman–Crippen LogP) is 1.71. The molecule has 3 aromatic heterocycles. The monoisotopic (exact) mass is 534 g/mol. The number of nitrogens with zero attached hydrogens (tertiary/aromatic N) is 9. The van der Waals surface area contributed by atoms with Crippen LogP contribution in [0.2, 0.25) is 0 Å². The number of amides is 1. The van der Waals surface area contributed by atoms with E-state index >= 15 is 0 Å². The first-order valence-corrected chi connectivity index (χ1v) is 12.3. The number of morpholine rings is 1. The maximum atomic E-state index is 13.9. The Balaban J connectivity index is 1.69. The molecule has 0 aromatic carbocycles. The molecule has 15 heteroatoms. The SMILES string of the molecule is CC(=O)N1[C@H](C)CN(c2nc3c(N4CCOCC4)nc(-c4cnc(N)nc4)nc3n2CC(F)(F)F)C[C@@H]1C. The molecule has 0 aliphatic carbocycles. The number of hydrogen-bond donors (Lipinski definition) is 1. The molecule has 0 radical (unpaired) electrons. The largest absolute Gasteiger partial charge is 0.406 e. The molecule has 204 valence electrons. The maximum Gasteiger partial charge on any atom is 0.406 e. The number of halogens is 3. The highest BCUT2D eigenvalue weighted by Crippen LogP contribution is 2.34. The number of rotatable bonds is 4. The van der Waals surface area contributed by atoms with Gasteiger partial charge in [0.05, 0.1) is 18.8 Å². The van der Waals surface area contributed by atoms with Crippen LogP contribution in [0.15, 0.2) is 12.4 Å². The molecule has 5 heterocycles. The van der Waals surface area contributed by atoms with Gasteiger partial charge >= 0.3 is 6.18 Å². The van der Waals surface area contributed by atoms with Crippen LogP contribution in [0.1, 0.15) is 20.8 Å². The molecular formula is C23H29F3N10O2. The molecule has 2 aliphatic heterocycles. The molecule has 3 aromatic rings. The Morgan fingerprint density at radius 3 is 2.26 bits per heavy atom. The maximum absolute atomic E-state index is 13.9. The number of nitrogens with two attached hydrogens (primary N) is 1. The number of carbonyl (C=O) groups excluding carboxylic acids is 1. The fourth-order valence-corrected chi connectivity index (χ4v) is 5.23. The van der Waals surface area contributed by atoms with Crippen molar-refractivity contribution in [2.75, 3.05) is 54.9 Å². The summed E-state index contributed by atoms with van der Waals surface area (Å²) in [7, 11) is 0. The highest BCUT2D eigenvalue weighted by atomic mass is 19.4. The van der Waals surface area contributed by atoms with Crippen LogP contribution in [0.5, 0.6) is 0 Å². The third-order valence-corrected chi connectivity index (χ3v) is 6.70. The zero-order valence-corrected chi connectivity index (χ0v) is 21.3. The molecular weight excluding hydrogens is 505 g/mol. The Morgan fingerprint density at radius 1 is 1.05 bits per heavy atom. The van der Waals surface area contributed by atoms with Crippen LogP contribution >= 0.6 is 0 Å². The average Bonchev–Trinajstić information content (AvgIpc) is 3.20. The Labute approximate surface area is 216 Å². The summed E-state index contributed by atoms with van der Waals surface area (Å²) >= 11 is 0. The second-order valence-electron chi connectivity index (χ2n) is 9.61. The first kappa shape index (κ1) is 25.9. The fourth-order valence-electron chi connectivity index (χ4n) is 5.23. The van der Waals surface area contributed by atoms with Crippen LogP contribution in [-0.2, 0) is 16.1 Å². The molecule has 2 aliphatic rings. The molecule has 0 spiro atoms. The van der Waals surface area contributed by atoms with E-state index in [1.165, 1.54) is 19.3 Å². The van der Waals surface area contributed by atoms with Crippen LogP contribution < -0.4 is 15.5 Å². The Hall–Kier alpha value is -3.75. The van der Waals surface area contributed by atoms with Crippen LogP contribution in [-0.4, -0.2) is 97.9 Å². The quantitative estimate of drug-likeness (QED) is 0.528. The Bertz CT molecular complexity index is 1310. The van der Waals surface area contributed by atoms with Gasteiger partial charge in [0, 0.05) is 57.6 Å². The molecule has 38 heavy (non-hydrogen) atoms. The number of nitrogen functional groups attached to an aromatic ring is 1. The number of aromatic nitrogens is 6. The number of fused-ring (bicyclic) bond motifs is 1. The summed E-state index contributed by atoms with van der Waals surface area (Å²) in [5.74, 6) is 0.686. The van der Waals surface area contributed by atoms with E-state index in [2.05, 4.69) is 15.0 Å². The third kappa shape index (κ3) is 5.01. The molecule has 0 unspecified atom stereocenters. The number of ether oxygens (including phenoxy) is 1. The van der Waals surface area contributed by atoms with Gasteiger partial charge in [-0.25, -0.2) is 24.9 Å². The Morgan fingerprint density at radius 2 is 1.68 bits per heavy atom. The van der Waals surface area contributed by atoms with Crippen LogP contribution in [0.3, 0.4) is 0 Å². The summed E-state index contributed by atoms with van der Waals surface area (Å²) in [5.41, 5.74) is 6.34. The molecule has 0 saturated carbocycles. The molecule has 2 N–H and O–H groups in total. The normalized spacial score (nSPS) is 20.8. The van der Waals surface area contributed by atoms with Gasteiger partial charge in [-0.1, -0.05) is 0 Å². The summed E-state index contributed by atoms with van der Waals surface area (Å²) < 4.78 is 48.3. The minimum atomic E-state index is -4.53. The van der Waals surface area contributed by atoms with Crippen molar-refractivity contribution in [2.24, 2.45) is 0 Å². The Kier molecular flexibility index (Phi) is 6.71. The van der Waals surface area contributed by atoms with E-state index in [0.717, 1.165) is 4.57 Å². The van der Waals surface area contributed by atoms with Crippen molar-refractivity contribution in [3.63, 3.8) is 0 Å². The van der Waals surface area contributed by atoms with Gasteiger partial charge in [0.25, 0.3) is 0 Å². The van der Waals surface area contributed by atoms with Crippen molar-refractivity contribution in [1.82, 2.24) is 34.4 Å². The average molecular weight is 535 g/mol. The molecule has 1 amide bonds. The number of piperazine rings is 1. The summed E-state index contributed by atoms with van der Waals surface area (Å²) in [5, 5.41) is 0. The van der Waals surface area contributed by atoms with E-state index in [1.54, 1.807) is 9.80 Å². The van der Waals surface area contributed by atoms with Gasteiger partial charge in [-0.2, -0.15) is 13.2 Å². The minimum absolute atomic E-state index is 0.0509. The van der Waals surface area contributed by atoms with Gasteiger partial charge in [-0.05, 0) is 13.8 Å². The second-order valence-corrected chi connectivity index (χ2v) is 9.61. The number of carbonyl (C=O) groups is 1. The lowest BCUT2D eigenvalue weighted by Crippen LogP contribution is -2.58. The van der Waals surface area contributed by atoms with Crippen LogP contribution in [0, 0.1) is 0 Å². The standard InChI is InChI=1S/C23H29F3N10O2/c1-13-10-34(11-14(2)36(13)15(3)37)22-30-17-19(33-4-6-38-7-5-33)31-18(16-8-28-21(27)29-9-16)32-20(17)35(22)12-23(24,25)26/h8-9,13-14H,4-7,10-12H2,1-3H3,(H2,27,28,29)/t13-,14+. The zero-order chi connectivity index (χ0) is 27.2. The van der Waals surface area contributed by atoms with Crippen molar-refractivity contribution < 1.29 is 22.7 Å². The second kappa shape index (κ2) is 9.85. The van der Waals surface area contributed by atoms with Crippen molar-refractivity contribution in [1.29, 1.82) is 0 Å². The molecule has 0 bridgehead atoms. The summed E-state index contributed by atoms with van der Waals surface area (Å²) in [6.07, 6.45) is -1.67. The van der Waals surface area contributed by atoms with Gasteiger partial charge < -0.3 is 25.2 Å². The van der Waals surface area contributed by atoms with Crippen molar-refractivity contribution in [3.05, 3.63) is 12.4 Å². The van der Waals surface area contributed by atoms with Crippen LogP contribution in [0.25, 0.3) is 22.6 Å². The lowest BCUT2D eigenvalue weighted by Gasteiger charge is -2.44. The first-order chi connectivity index (χ1) is 18.0.